The van der Waals surface area contributed by atoms with E-state index in [2.05, 4.69) is 32.7 Å². The van der Waals surface area contributed by atoms with E-state index in [1.807, 2.05) is 37.1 Å². The Kier molecular flexibility index (Phi) is 5.29. The van der Waals surface area contributed by atoms with Crippen molar-refractivity contribution in [2.75, 3.05) is 44.0 Å². The Morgan fingerprint density at radius 3 is 2.46 bits per heavy atom. The van der Waals surface area contributed by atoms with Gasteiger partial charge < -0.3 is 10.2 Å². The number of likely N-dealkylation sites (N-methyl/N-ethyl adjacent to an activating group) is 1. The van der Waals surface area contributed by atoms with Gasteiger partial charge in [0.05, 0.1) is 4.92 Å². The summed E-state index contributed by atoms with van der Waals surface area (Å²) in [4.78, 5) is 21.6. The van der Waals surface area contributed by atoms with Crippen molar-refractivity contribution in [1.29, 1.82) is 0 Å². The molecule has 2 N–H and O–H groups in total. The van der Waals surface area contributed by atoms with E-state index in [-0.39, 0.29) is 17.3 Å². The van der Waals surface area contributed by atoms with Gasteiger partial charge in [-0.2, -0.15) is 0 Å². The van der Waals surface area contributed by atoms with Crippen molar-refractivity contribution in [3.63, 3.8) is 0 Å². The van der Waals surface area contributed by atoms with Crippen molar-refractivity contribution in [2.24, 2.45) is 0 Å². The lowest BCUT2D eigenvalue weighted by molar-refractivity contribution is -0.383. The summed E-state index contributed by atoms with van der Waals surface area (Å²) in [6.07, 6.45) is 1.33. The van der Waals surface area contributed by atoms with Crippen LogP contribution in [0.5, 0.6) is 0 Å². The van der Waals surface area contributed by atoms with Crippen molar-refractivity contribution in [3.8, 4) is 0 Å². The smallest absolute Gasteiger partial charge is 0.334 e. The van der Waals surface area contributed by atoms with Crippen molar-refractivity contribution >= 4 is 23.0 Å². The fourth-order valence-electron chi connectivity index (χ4n) is 2.87. The van der Waals surface area contributed by atoms with Crippen LogP contribution in [0.3, 0.4) is 0 Å². The fourth-order valence-corrected chi connectivity index (χ4v) is 2.87. The van der Waals surface area contributed by atoms with Crippen LogP contribution in [0, 0.1) is 24.0 Å². The highest BCUT2D eigenvalue weighted by molar-refractivity contribution is 5.74. The maximum Gasteiger partial charge on any atom is 0.354 e. The van der Waals surface area contributed by atoms with Crippen molar-refractivity contribution < 1.29 is 4.92 Å². The molecule has 2 heterocycles. The number of benzene rings is 1. The van der Waals surface area contributed by atoms with Crippen molar-refractivity contribution in [1.82, 2.24) is 19.9 Å². The number of piperazine rings is 1. The molecule has 2 aromatic rings. The summed E-state index contributed by atoms with van der Waals surface area (Å²) in [6, 6.07) is 5.86. The number of hydrogen-bond donors (Lipinski definition) is 2. The van der Waals surface area contributed by atoms with Crippen LogP contribution in [0.4, 0.5) is 23.0 Å². The molecular weight excluding hydrogens is 334 g/mol. The van der Waals surface area contributed by atoms with Crippen molar-refractivity contribution in [3.05, 3.63) is 45.8 Å². The Bertz CT molecular complexity index is 804. The molecule has 1 aromatic carbocycles. The van der Waals surface area contributed by atoms with E-state index in [4.69, 9.17) is 0 Å². The quantitative estimate of drug-likeness (QED) is 0.621. The lowest BCUT2D eigenvalue weighted by Gasteiger charge is -2.32. The number of nitro groups is 1. The summed E-state index contributed by atoms with van der Waals surface area (Å²) in [7, 11) is 2.05. The molecule has 1 aliphatic rings. The predicted molar refractivity (Wildman–Crippen MR) is 101 cm³/mol. The minimum Gasteiger partial charge on any atom is -0.334 e. The first-order chi connectivity index (χ1) is 12.4. The number of nitrogens with zero attached hydrogens (tertiary/aromatic N) is 5. The molecule has 0 atom stereocenters. The zero-order valence-electron chi connectivity index (χ0n) is 15.2. The number of hydrazine groups is 1. The second kappa shape index (κ2) is 7.63. The fraction of sp³-hybridized carbons (Fsp3) is 0.412. The van der Waals surface area contributed by atoms with Gasteiger partial charge in [-0.15, -0.1) is 0 Å². The third kappa shape index (κ3) is 4.06. The monoisotopic (exact) mass is 357 g/mol. The average Bonchev–Trinajstić information content (AvgIpc) is 2.59. The van der Waals surface area contributed by atoms with Gasteiger partial charge in [0, 0.05) is 31.9 Å². The molecule has 9 nitrogen and oxygen atoms in total. The van der Waals surface area contributed by atoms with Crippen LogP contribution < -0.4 is 10.7 Å². The molecule has 0 spiro atoms. The highest BCUT2D eigenvalue weighted by atomic mass is 16.6. The Labute approximate surface area is 152 Å². The minimum atomic E-state index is -0.454. The molecule has 1 saturated heterocycles. The van der Waals surface area contributed by atoms with E-state index in [1.54, 1.807) is 0 Å². The highest BCUT2D eigenvalue weighted by Crippen LogP contribution is 2.32. The van der Waals surface area contributed by atoms with Gasteiger partial charge in [-0.1, -0.05) is 17.7 Å². The molecule has 26 heavy (non-hydrogen) atoms. The topological polar surface area (TPSA) is 99.5 Å². The zero-order valence-corrected chi connectivity index (χ0v) is 15.2. The van der Waals surface area contributed by atoms with Crippen LogP contribution >= 0.6 is 0 Å². The number of rotatable bonds is 5. The summed E-state index contributed by atoms with van der Waals surface area (Å²) in [6.45, 7) is 7.25. The van der Waals surface area contributed by atoms with Crippen molar-refractivity contribution in [2.45, 2.75) is 13.8 Å². The second-order valence-electron chi connectivity index (χ2n) is 6.52. The number of anilines is 3. The molecule has 0 aliphatic carbocycles. The van der Waals surface area contributed by atoms with E-state index in [0.29, 0.717) is 0 Å². The Morgan fingerprint density at radius 1 is 1.12 bits per heavy atom. The Morgan fingerprint density at radius 2 is 1.81 bits per heavy atom. The summed E-state index contributed by atoms with van der Waals surface area (Å²) in [5, 5.41) is 16.7. The third-order valence-electron chi connectivity index (χ3n) is 4.41. The summed E-state index contributed by atoms with van der Waals surface area (Å²) < 4.78 is 0. The third-order valence-corrected chi connectivity index (χ3v) is 4.41. The second-order valence-corrected chi connectivity index (χ2v) is 6.52. The van der Waals surface area contributed by atoms with Crippen LogP contribution in [-0.4, -0.2) is 58.0 Å². The Hall–Kier alpha value is -2.78. The first-order valence-corrected chi connectivity index (χ1v) is 8.48. The molecule has 138 valence electrons. The van der Waals surface area contributed by atoms with Gasteiger partial charge in [-0.3, -0.25) is 15.5 Å². The maximum atomic E-state index is 11.7. The van der Waals surface area contributed by atoms with Crippen LogP contribution in [0.15, 0.2) is 24.5 Å². The number of hydrogen-bond acceptors (Lipinski definition) is 8. The normalized spacial score (nSPS) is 15.7. The van der Waals surface area contributed by atoms with Crippen LogP contribution in [-0.2, 0) is 0 Å². The average molecular weight is 357 g/mol. The number of aromatic nitrogens is 2. The van der Waals surface area contributed by atoms with E-state index in [0.717, 1.165) is 43.0 Å². The first-order valence-electron chi connectivity index (χ1n) is 8.48. The van der Waals surface area contributed by atoms with E-state index in [9.17, 15) is 10.1 Å². The predicted octanol–water partition coefficient (Wildman–Crippen LogP) is 2.32. The van der Waals surface area contributed by atoms with E-state index >= 15 is 0 Å². The van der Waals surface area contributed by atoms with Gasteiger partial charge in [-0.05, 0) is 32.5 Å². The lowest BCUT2D eigenvalue weighted by Crippen LogP contribution is -2.47. The SMILES string of the molecule is Cc1ccc(Nc2ncnc(NN3CCN(C)CC3)c2[N+](=O)[O-])c(C)c1. The van der Waals surface area contributed by atoms with Gasteiger partial charge in [0.1, 0.15) is 6.33 Å². The molecule has 1 aromatic heterocycles. The van der Waals surface area contributed by atoms with Crippen LogP contribution in [0.1, 0.15) is 11.1 Å². The molecule has 9 heteroatoms. The van der Waals surface area contributed by atoms with Gasteiger partial charge in [0.15, 0.2) is 0 Å². The molecule has 1 aliphatic heterocycles. The van der Waals surface area contributed by atoms with Gasteiger partial charge in [0.25, 0.3) is 0 Å². The largest absolute Gasteiger partial charge is 0.354 e. The molecule has 0 amide bonds. The molecule has 0 radical (unpaired) electrons. The maximum absolute atomic E-state index is 11.7. The summed E-state index contributed by atoms with van der Waals surface area (Å²) >= 11 is 0. The van der Waals surface area contributed by atoms with Gasteiger partial charge in [0.2, 0.25) is 11.6 Å². The summed E-state index contributed by atoms with van der Waals surface area (Å²) in [5.74, 6) is 0.371. The minimum absolute atomic E-state index is 0.161. The van der Waals surface area contributed by atoms with Gasteiger partial charge in [-0.25, -0.2) is 15.0 Å². The summed E-state index contributed by atoms with van der Waals surface area (Å²) in [5.41, 5.74) is 5.81. The lowest BCUT2D eigenvalue weighted by atomic mass is 10.1. The first kappa shape index (κ1) is 18.0. The Balaban J connectivity index is 1.87. The molecule has 3 rings (SSSR count). The van der Waals surface area contributed by atoms with E-state index in [1.165, 1.54) is 6.33 Å². The number of aryl methyl sites for hydroxylation is 2. The molecule has 0 unspecified atom stereocenters. The molecular formula is C17H23N7O2. The zero-order chi connectivity index (χ0) is 18.7. The van der Waals surface area contributed by atoms with E-state index < -0.39 is 4.92 Å². The van der Waals surface area contributed by atoms with Gasteiger partial charge >= 0.3 is 5.69 Å². The standard InChI is InChI=1S/C17H23N7O2/c1-12-4-5-14(13(2)10-12)20-16-15(24(25)26)17(19-11-18-16)21-23-8-6-22(3)7-9-23/h4-5,10-11H,6-9H2,1-3H3,(H2,18,19,20,21). The van der Waals surface area contributed by atoms with Crippen LogP contribution in [0.2, 0.25) is 0 Å². The van der Waals surface area contributed by atoms with Crippen LogP contribution in [0.25, 0.3) is 0 Å². The molecule has 0 bridgehead atoms. The number of nitrogens with one attached hydrogen (secondary N) is 2. The molecule has 0 saturated carbocycles. The highest BCUT2D eigenvalue weighted by Gasteiger charge is 2.25. The molecule has 1 fully saturated rings.